The molecule has 4 aromatic heterocycles. The highest BCUT2D eigenvalue weighted by molar-refractivity contribution is 7.19. The van der Waals surface area contributed by atoms with E-state index in [1.165, 1.54) is 16.9 Å². The van der Waals surface area contributed by atoms with Crippen LogP contribution in [0.25, 0.3) is 27.0 Å². The molecule has 0 radical (unpaired) electrons. The number of carbonyl (C=O) groups is 2. The van der Waals surface area contributed by atoms with Gasteiger partial charge in [0.25, 0.3) is 0 Å². The number of amides is 3. The van der Waals surface area contributed by atoms with Crippen LogP contribution in [0.5, 0.6) is 5.75 Å². The predicted octanol–water partition coefficient (Wildman–Crippen LogP) is 5.08. The molecule has 7 heterocycles. The van der Waals surface area contributed by atoms with Crippen molar-refractivity contribution in [2.24, 2.45) is 7.05 Å². The molecule has 300 valence electrons. The summed E-state index contributed by atoms with van der Waals surface area (Å²) in [7, 11) is 1.89. The zero-order chi connectivity index (χ0) is 40.1. The number of aryl methyl sites for hydroxylation is 2. The highest BCUT2D eigenvalue weighted by Gasteiger charge is 2.31. The minimum absolute atomic E-state index is 0.239. The summed E-state index contributed by atoms with van der Waals surface area (Å²) in [6.45, 7) is 9.78. The van der Waals surface area contributed by atoms with E-state index in [9.17, 15) is 14.0 Å². The Morgan fingerprint density at radius 2 is 1.74 bits per heavy atom. The van der Waals surface area contributed by atoms with E-state index in [1.807, 2.05) is 37.7 Å². The van der Waals surface area contributed by atoms with Crippen molar-refractivity contribution in [3.63, 3.8) is 0 Å². The number of piperidine rings is 1. The normalized spacial score (nSPS) is 17.6. The number of ether oxygens (including phenoxy) is 1. The molecule has 9 rings (SSSR count). The summed E-state index contributed by atoms with van der Waals surface area (Å²) in [5, 5.41) is 17.3. The summed E-state index contributed by atoms with van der Waals surface area (Å²) >= 11 is 1.64. The van der Waals surface area contributed by atoms with Crippen molar-refractivity contribution < 1.29 is 18.7 Å². The number of anilines is 4. The number of benzene rings is 2. The SMILES string of the molecule is Cc1nc(N2CCN(C3CCN(c4ccc5c(N6CCC(=O)NC6=O)nn(C)c5c4)CC3)CC2)sc1-c1cnc(N)c(O[C@@H](C)c2cc(F)ccc2-n2nccn2)c1. The van der Waals surface area contributed by atoms with E-state index < -0.39 is 12.1 Å². The Hall–Kier alpha value is -6.14. The number of nitrogen functional groups attached to an aromatic ring is 1. The second kappa shape index (κ2) is 15.3. The van der Waals surface area contributed by atoms with Crippen molar-refractivity contribution in [2.45, 2.75) is 45.3 Å². The van der Waals surface area contributed by atoms with Crippen LogP contribution >= 0.6 is 11.3 Å². The number of thiazole rings is 1. The van der Waals surface area contributed by atoms with E-state index in [2.05, 4.69) is 52.4 Å². The fourth-order valence-electron chi connectivity index (χ4n) is 8.24. The zero-order valence-electron chi connectivity index (χ0n) is 32.5. The number of aromatic nitrogens is 7. The third-order valence-corrected chi connectivity index (χ3v) is 12.6. The van der Waals surface area contributed by atoms with Crippen molar-refractivity contribution in [1.82, 2.24) is 45.0 Å². The first-order chi connectivity index (χ1) is 28.1. The molecule has 16 nitrogen and oxygen atoms in total. The lowest BCUT2D eigenvalue weighted by Gasteiger charge is -2.43. The van der Waals surface area contributed by atoms with Gasteiger partial charge < -0.3 is 20.3 Å². The summed E-state index contributed by atoms with van der Waals surface area (Å²) in [6, 6.07) is 12.7. The Labute approximate surface area is 338 Å². The fourth-order valence-corrected chi connectivity index (χ4v) is 9.34. The van der Waals surface area contributed by atoms with Gasteiger partial charge in [0.2, 0.25) is 5.91 Å². The number of nitrogens with zero attached hydrogens (tertiary/aromatic N) is 11. The molecular weight excluding hydrogens is 762 g/mol. The smallest absolute Gasteiger partial charge is 0.329 e. The second-order valence-corrected chi connectivity index (χ2v) is 15.9. The van der Waals surface area contributed by atoms with Gasteiger partial charge in [-0.3, -0.25) is 24.6 Å². The van der Waals surface area contributed by atoms with E-state index >= 15 is 0 Å². The molecule has 18 heteroatoms. The molecule has 3 saturated heterocycles. The molecule has 0 unspecified atom stereocenters. The Morgan fingerprint density at radius 3 is 2.50 bits per heavy atom. The average Bonchev–Trinajstić information content (AvgIpc) is 3.98. The van der Waals surface area contributed by atoms with E-state index in [0.717, 1.165) is 90.0 Å². The molecule has 3 N–H and O–H groups in total. The monoisotopic (exact) mass is 805 g/mol. The number of hydrogen-bond acceptors (Lipinski definition) is 13. The van der Waals surface area contributed by atoms with Gasteiger partial charge in [-0.25, -0.2) is 19.2 Å². The number of hydrogen-bond donors (Lipinski definition) is 2. The van der Waals surface area contributed by atoms with Crippen LogP contribution in [-0.4, -0.2) is 103 Å². The second-order valence-electron chi connectivity index (χ2n) is 14.9. The van der Waals surface area contributed by atoms with Crippen LogP contribution in [0.1, 0.15) is 43.5 Å². The van der Waals surface area contributed by atoms with Gasteiger partial charge in [0, 0.05) is 93.7 Å². The zero-order valence-corrected chi connectivity index (χ0v) is 33.3. The van der Waals surface area contributed by atoms with Gasteiger partial charge in [-0.05, 0) is 69.2 Å². The quantitative estimate of drug-likeness (QED) is 0.199. The van der Waals surface area contributed by atoms with Gasteiger partial charge in [0.1, 0.15) is 11.9 Å². The van der Waals surface area contributed by atoms with Gasteiger partial charge in [-0.1, -0.05) is 11.3 Å². The molecule has 6 aromatic rings. The number of piperazine rings is 1. The van der Waals surface area contributed by atoms with Gasteiger partial charge in [-0.2, -0.15) is 20.1 Å². The van der Waals surface area contributed by atoms with Crippen LogP contribution in [-0.2, 0) is 11.8 Å². The number of imide groups is 1. The van der Waals surface area contributed by atoms with Crippen molar-refractivity contribution in [1.29, 1.82) is 0 Å². The fraction of sp³-hybridized carbons (Fsp3) is 0.375. The van der Waals surface area contributed by atoms with Crippen molar-refractivity contribution >= 4 is 56.6 Å². The van der Waals surface area contributed by atoms with Crippen LogP contribution in [0.15, 0.2) is 61.1 Å². The maximum atomic E-state index is 14.4. The molecule has 3 fully saturated rings. The lowest BCUT2D eigenvalue weighted by Crippen LogP contribution is -2.53. The summed E-state index contributed by atoms with van der Waals surface area (Å²) in [6.07, 6.45) is 6.71. The van der Waals surface area contributed by atoms with E-state index in [1.54, 1.807) is 40.9 Å². The van der Waals surface area contributed by atoms with Crippen LogP contribution in [0.3, 0.4) is 0 Å². The minimum Gasteiger partial charge on any atom is -0.482 e. The molecule has 2 aromatic carbocycles. The van der Waals surface area contributed by atoms with Crippen LogP contribution in [0.4, 0.5) is 31.6 Å². The van der Waals surface area contributed by atoms with E-state index in [0.29, 0.717) is 35.4 Å². The van der Waals surface area contributed by atoms with Crippen LogP contribution < -0.4 is 30.5 Å². The number of urea groups is 1. The molecule has 0 bridgehead atoms. The first-order valence-corrected chi connectivity index (χ1v) is 20.3. The Kier molecular flexibility index (Phi) is 9.89. The first kappa shape index (κ1) is 37.4. The molecule has 0 aliphatic carbocycles. The number of nitrogens with one attached hydrogen (secondary N) is 1. The van der Waals surface area contributed by atoms with Crippen molar-refractivity contribution in [3.05, 3.63) is 78.1 Å². The highest BCUT2D eigenvalue weighted by atomic mass is 32.1. The molecule has 0 saturated carbocycles. The van der Waals surface area contributed by atoms with Gasteiger partial charge in [0.15, 0.2) is 22.5 Å². The average molecular weight is 806 g/mol. The van der Waals surface area contributed by atoms with E-state index in [4.69, 9.17) is 15.5 Å². The molecule has 1 atom stereocenters. The summed E-state index contributed by atoms with van der Waals surface area (Å²) in [5.74, 6) is 0.565. The molecule has 58 heavy (non-hydrogen) atoms. The lowest BCUT2D eigenvalue weighted by atomic mass is 10.0. The Balaban J connectivity index is 0.816. The third kappa shape index (κ3) is 7.17. The number of fused-ring (bicyclic) bond motifs is 1. The number of halogens is 1. The number of nitrogens with two attached hydrogens (primary N) is 1. The van der Waals surface area contributed by atoms with Crippen LogP contribution in [0.2, 0.25) is 0 Å². The maximum absolute atomic E-state index is 14.4. The maximum Gasteiger partial charge on any atom is 0.329 e. The van der Waals surface area contributed by atoms with Gasteiger partial charge in [0.05, 0.1) is 34.2 Å². The third-order valence-electron chi connectivity index (χ3n) is 11.4. The minimum atomic E-state index is -0.575. The Morgan fingerprint density at radius 1 is 0.966 bits per heavy atom. The van der Waals surface area contributed by atoms with Crippen molar-refractivity contribution in [3.8, 4) is 21.9 Å². The van der Waals surface area contributed by atoms with E-state index in [-0.39, 0.29) is 24.0 Å². The molecule has 3 aliphatic heterocycles. The molecule has 0 spiro atoms. The predicted molar refractivity (Wildman–Crippen MR) is 220 cm³/mol. The van der Waals surface area contributed by atoms with Gasteiger partial charge in [-0.15, -0.1) is 0 Å². The van der Waals surface area contributed by atoms with Gasteiger partial charge >= 0.3 is 6.03 Å². The largest absolute Gasteiger partial charge is 0.482 e. The summed E-state index contributed by atoms with van der Waals surface area (Å²) in [5.41, 5.74) is 11.3. The summed E-state index contributed by atoms with van der Waals surface area (Å²) < 4.78 is 22.5. The standard InChI is InChI=1S/C40H44FN13O3S/c1-24-36(26-20-34(37(42)43-23-26)57-25(2)31-21-27(41)4-7-32(31)54-44-11-12-45-54)58-40(46-24)52-18-16-51(17-19-52)28-8-13-50(14-9-28)29-5-6-30-33(22-29)49(3)48-38(30)53-15-10-35(55)47-39(53)56/h4-7,11-12,20-23,25,28H,8-10,13-19H2,1-3H3,(H2,42,43)(H,47,55,56)/t25-/m0/s1. The number of pyridine rings is 1. The number of rotatable bonds is 9. The summed E-state index contributed by atoms with van der Waals surface area (Å²) in [4.78, 5) is 45.1. The van der Waals surface area contributed by atoms with Crippen LogP contribution in [0, 0.1) is 12.7 Å². The first-order valence-electron chi connectivity index (χ1n) is 19.5. The molecule has 3 aliphatic rings. The Bertz CT molecular complexity index is 2490. The topological polar surface area (TPSA) is 169 Å². The van der Waals surface area contributed by atoms with Crippen molar-refractivity contribution in [2.75, 3.05) is 66.2 Å². The number of carbonyl (C=O) groups excluding carboxylic acids is 2. The molecule has 3 amide bonds. The molecular formula is C40H44FN13O3S. The highest BCUT2D eigenvalue weighted by Crippen LogP contribution is 2.39. The lowest BCUT2D eigenvalue weighted by molar-refractivity contribution is -0.120.